The molecular weight excluding hydrogens is 400 g/mol. The number of hydrogen-bond acceptors (Lipinski definition) is 10. The van der Waals surface area contributed by atoms with Gasteiger partial charge in [0.15, 0.2) is 11.2 Å². The van der Waals surface area contributed by atoms with Crippen molar-refractivity contribution < 1.29 is 39.0 Å². The van der Waals surface area contributed by atoms with Gasteiger partial charge in [-0.3, -0.25) is 18.5 Å². The largest absolute Gasteiger partial charge is 0.397 e. The summed E-state index contributed by atoms with van der Waals surface area (Å²) in [6.07, 6.45) is -1.42. The molecule has 0 radical (unpaired) electrons. The zero-order valence-corrected chi connectivity index (χ0v) is 14.3. The molecule has 0 aromatic carbocycles. The number of nitrogens with one attached hydrogen (secondary N) is 1. The average molecular weight is 412 g/mol. The Bertz CT molecular complexity index is 1070. The van der Waals surface area contributed by atoms with E-state index in [2.05, 4.69) is 23.3 Å². The van der Waals surface area contributed by atoms with Gasteiger partial charge in [-0.1, -0.05) is 0 Å². The predicted octanol–water partition coefficient (Wildman–Crippen LogP) is -1.59. The fourth-order valence-corrected chi connectivity index (χ4v) is 3.33. The van der Waals surface area contributed by atoms with Gasteiger partial charge in [0.2, 0.25) is 0 Å². The van der Waals surface area contributed by atoms with Crippen LogP contribution in [0.4, 0.5) is 0 Å². The Morgan fingerprint density at radius 1 is 1.27 bits per heavy atom. The van der Waals surface area contributed by atoms with Crippen molar-refractivity contribution in [2.75, 3.05) is 6.61 Å². The Hall–Kier alpha value is -1.95. The van der Waals surface area contributed by atoms with Gasteiger partial charge in [0, 0.05) is 6.42 Å². The van der Waals surface area contributed by atoms with Crippen LogP contribution in [0.2, 0.25) is 0 Å². The first-order valence-electron chi connectivity index (χ1n) is 6.87. The van der Waals surface area contributed by atoms with Gasteiger partial charge in [-0.05, 0) is 0 Å². The van der Waals surface area contributed by atoms with E-state index in [-0.39, 0.29) is 17.6 Å². The van der Waals surface area contributed by atoms with E-state index in [1.807, 2.05) is 0 Å². The van der Waals surface area contributed by atoms with Crippen LogP contribution in [0.25, 0.3) is 11.2 Å². The maximum atomic E-state index is 11.7. The zero-order chi connectivity index (χ0) is 19.1. The maximum Gasteiger partial charge on any atom is 0.397 e. The van der Waals surface area contributed by atoms with Gasteiger partial charge in [-0.2, -0.15) is 16.8 Å². The minimum Gasteiger partial charge on any atom is -0.349 e. The summed E-state index contributed by atoms with van der Waals surface area (Å²) < 4.78 is 76.3. The highest BCUT2D eigenvalue weighted by atomic mass is 32.3. The quantitative estimate of drug-likeness (QED) is 0.460. The monoisotopic (exact) mass is 412 g/mol. The Morgan fingerprint density at radius 3 is 2.65 bits per heavy atom. The van der Waals surface area contributed by atoms with Crippen molar-refractivity contribution in [1.82, 2.24) is 19.5 Å². The zero-order valence-electron chi connectivity index (χ0n) is 12.6. The summed E-state index contributed by atoms with van der Waals surface area (Å²) in [5.41, 5.74) is -0.384. The first kappa shape index (κ1) is 18.8. The van der Waals surface area contributed by atoms with Crippen molar-refractivity contribution >= 4 is 32.0 Å². The molecule has 3 rings (SSSR count). The highest BCUT2D eigenvalue weighted by molar-refractivity contribution is 7.81. The van der Waals surface area contributed by atoms with Gasteiger partial charge in [0.25, 0.3) is 5.56 Å². The standard InChI is InChI=1S/C10H12N4O10S2/c15-10-8-9(11-3-12-10)14(4-13-8)7-1-5(24-26(19,20)21)6(23-7)2-22-25(16,17)18/h3-7H,1-2H2,(H,11,12,15)(H,16,17,18)(H,19,20,21)/t5-,6+,7+/m0/s1. The molecule has 16 heteroatoms. The fraction of sp³-hybridized carbons (Fsp3) is 0.500. The van der Waals surface area contributed by atoms with Crippen LogP contribution in [0.5, 0.6) is 0 Å². The lowest BCUT2D eigenvalue weighted by Crippen LogP contribution is -2.31. The molecule has 0 amide bonds. The lowest BCUT2D eigenvalue weighted by molar-refractivity contribution is -0.0351. The van der Waals surface area contributed by atoms with E-state index in [1.165, 1.54) is 10.9 Å². The normalized spacial score (nSPS) is 24.3. The van der Waals surface area contributed by atoms with E-state index in [9.17, 15) is 21.6 Å². The van der Waals surface area contributed by atoms with Gasteiger partial charge in [0.05, 0.1) is 19.3 Å². The summed E-state index contributed by atoms with van der Waals surface area (Å²) in [6.45, 7) is -0.782. The smallest absolute Gasteiger partial charge is 0.349 e. The lowest BCUT2D eigenvalue weighted by atomic mass is 10.2. The van der Waals surface area contributed by atoms with Crippen LogP contribution >= 0.6 is 0 Å². The number of fused-ring (bicyclic) bond motifs is 1. The molecule has 1 aliphatic rings. The second-order valence-corrected chi connectivity index (χ2v) is 7.33. The van der Waals surface area contributed by atoms with Crippen molar-refractivity contribution in [2.24, 2.45) is 0 Å². The molecule has 0 bridgehead atoms. The minimum absolute atomic E-state index is 0.000911. The Morgan fingerprint density at radius 2 is 2.00 bits per heavy atom. The third kappa shape index (κ3) is 4.23. The average Bonchev–Trinajstić information content (AvgIpc) is 3.07. The van der Waals surface area contributed by atoms with Crippen LogP contribution in [0.15, 0.2) is 17.4 Å². The van der Waals surface area contributed by atoms with E-state index in [0.29, 0.717) is 0 Å². The van der Waals surface area contributed by atoms with E-state index in [1.54, 1.807) is 0 Å². The molecule has 3 N–H and O–H groups in total. The van der Waals surface area contributed by atoms with E-state index in [0.717, 1.165) is 6.33 Å². The Labute approximate surface area is 145 Å². The molecule has 144 valence electrons. The van der Waals surface area contributed by atoms with Crippen LogP contribution < -0.4 is 5.56 Å². The number of aromatic amines is 1. The number of nitrogens with zero attached hydrogens (tertiary/aromatic N) is 3. The highest BCUT2D eigenvalue weighted by Gasteiger charge is 2.41. The number of aromatic nitrogens is 4. The van der Waals surface area contributed by atoms with E-state index >= 15 is 0 Å². The van der Waals surface area contributed by atoms with Crippen molar-refractivity contribution in [3.63, 3.8) is 0 Å². The second-order valence-electron chi connectivity index (χ2n) is 5.20. The summed E-state index contributed by atoms with van der Waals surface area (Å²) in [5, 5.41) is 0. The molecule has 1 saturated heterocycles. The molecule has 0 saturated carbocycles. The molecule has 1 fully saturated rings. The van der Waals surface area contributed by atoms with Crippen molar-refractivity contribution in [2.45, 2.75) is 24.9 Å². The van der Waals surface area contributed by atoms with Crippen LogP contribution in [-0.4, -0.2) is 64.3 Å². The van der Waals surface area contributed by atoms with E-state index in [4.69, 9.17) is 13.8 Å². The number of rotatable bonds is 6. The molecule has 26 heavy (non-hydrogen) atoms. The third-order valence-electron chi connectivity index (χ3n) is 3.48. The number of hydrogen-bond donors (Lipinski definition) is 3. The minimum atomic E-state index is -4.88. The molecular formula is C10H12N4O10S2. The number of ether oxygens (including phenoxy) is 1. The summed E-state index contributed by atoms with van der Waals surface area (Å²) >= 11 is 0. The predicted molar refractivity (Wildman–Crippen MR) is 80.6 cm³/mol. The molecule has 3 heterocycles. The van der Waals surface area contributed by atoms with Gasteiger partial charge in [0.1, 0.15) is 18.4 Å². The lowest BCUT2D eigenvalue weighted by Gasteiger charge is -2.16. The molecule has 2 aromatic rings. The number of imidazole rings is 1. The summed E-state index contributed by atoms with van der Waals surface area (Å²) in [7, 11) is -9.69. The van der Waals surface area contributed by atoms with Crippen molar-refractivity contribution in [3.05, 3.63) is 23.0 Å². The summed E-state index contributed by atoms with van der Waals surface area (Å²) in [5.74, 6) is 0. The van der Waals surface area contributed by atoms with Gasteiger partial charge in [-0.15, -0.1) is 0 Å². The molecule has 3 atom stereocenters. The van der Waals surface area contributed by atoms with Crippen LogP contribution in [-0.2, 0) is 33.9 Å². The SMILES string of the molecule is O=c1[nH]cnc2c1ncn2[C@H]1C[C@H](OS(=O)(=O)O)[C@@H](COS(=O)(=O)O)O1. The van der Waals surface area contributed by atoms with Crippen molar-refractivity contribution in [3.8, 4) is 0 Å². The topological polar surface area (TPSA) is 200 Å². The van der Waals surface area contributed by atoms with Crippen LogP contribution in [0.3, 0.4) is 0 Å². The van der Waals surface area contributed by atoms with Crippen molar-refractivity contribution in [1.29, 1.82) is 0 Å². The molecule has 1 aliphatic heterocycles. The fourth-order valence-electron chi connectivity index (χ4n) is 2.51. The third-order valence-corrected chi connectivity index (χ3v) is 4.41. The van der Waals surface area contributed by atoms with Gasteiger partial charge < -0.3 is 9.72 Å². The summed E-state index contributed by atoms with van der Waals surface area (Å²) in [6, 6.07) is 0. The molecule has 14 nitrogen and oxygen atoms in total. The number of H-pyrrole nitrogens is 1. The molecule has 0 unspecified atom stereocenters. The van der Waals surface area contributed by atoms with E-state index < -0.39 is 51.4 Å². The summed E-state index contributed by atoms with van der Waals surface area (Å²) in [4.78, 5) is 21.8. The maximum absolute atomic E-state index is 11.7. The highest BCUT2D eigenvalue weighted by Crippen LogP contribution is 2.33. The molecule has 2 aromatic heterocycles. The molecule has 0 aliphatic carbocycles. The van der Waals surface area contributed by atoms with Gasteiger partial charge >= 0.3 is 20.8 Å². The Balaban J connectivity index is 1.89. The second kappa shape index (κ2) is 6.65. The van der Waals surface area contributed by atoms with Crippen LogP contribution in [0.1, 0.15) is 12.6 Å². The van der Waals surface area contributed by atoms with Crippen LogP contribution in [0, 0.1) is 0 Å². The van der Waals surface area contributed by atoms with Gasteiger partial charge in [-0.25, -0.2) is 18.3 Å². The first-order chi connectivity index (χ1) is 12.0. The Kier molecular flexibility index (Phi) is 4.82. The first-order valence-corrected chi connectivity index (χ1v) is 9.60. The molecule has 0 spiro atoms.